The Balaban J connectivity index is 1.41. The number of amides is 1. The zero-order valence-electron chi connectivity index (χ0n) is 15.3. The van der Waals surface area contributed by atoms with Crippen molar-refractivity contribution in [3.8, 4) is 11.3 Å². The monoisotopic (exact) mass is 424 g/mol. The Bertz CT molecular complexity index is 1200. The number of nitro groups is 1. The zero-order valence-corrected chi connectivity index (χ0v) is 17.0. The number of H-pyrrole nitrogens is 1. The van der Waals surface area contributed by atoms with Crippen LogP contribution in [0, 0.1) is 17.0 Å². The van der Waals surface area contributed by atoms with Gasteiger partial charge in [0.1, 0.15) is 0 Å². The van der Waals surface area contributed by atoms with Crippen molar-refractivity contribution in [3.05, 3.63) is 69.7 Å². The minimum Gasteiger partial charge on any atom is -0.358 e. The third-order valence-corrected chi connectivity index (χ3v) is 6.09. The molecule has 0 fully saturated rings. The maximum Gasteiger partial charge on any atom is 0.269 e. The van der Waals surface area contributed by atoms with Gasteiger partial charge in [0.05, 0.1) is 16.4 Å². The van der Waals surface area contributed by atoms with Crippen LogP contribution < -0.4 is 5.32 Å². The Labute approximate surface area is 174 Å². The van der Waals surface area contributed by atoms with E-state index < -0.39 is 4.92 Å². The molecule has 0 unspecified atom stereocenters. The van der Waals surface area contributed by atoms with E-state index in [1.807, 2.05) is 36.6 Å². The van der Waals surface area contributed by atoms with Crippen LogP contribution in [0.5, 0.6) is 0 Å². The van der Waals surface area contributed by atoms with Gasteiger partial charge < -0.3 is 10.3 Å². The summed E-state index contributed by atoms with van der Waals surface area (Å²) in [5.74, 6) is 0.0173. The third kappa shape index (κ3) is 4.15. The molecule has 1 amide bonds. The first-order valence-electron chi connectivity index (χ1n) is 8.71. The summed E-state index contributed by atoms with van der Waals surface area (Å²) in [6.45, 7) is 2.01. The van der Waals surface area contributed by atoms with Gasteiger partial charge in [-0.15, -0.1) is 23.1 Å². The lowest BCUT2D eigenvalue weighted by Crippen LogP contribution is -2.13. The van der Waals surface area contributed by atoms with Crippen LogP contribution >= 0.6 is 23.1 Å². The van der Waals surface area contributed by atoms with Crippen molar-refractivity contribution in [2.75, 3.05) is 11.1 Å². The molecule has 2 heterocycles. The molecule has 2 aromatic carbocycles. The predicted molar refractivity (Wildman–Crippen MR) is 117 cm³/mol. The number of para-hydroxylation sites is 1. The van der Waals surface area contributed by atoms with E-state index in [0.29, 0.717) is 5.13 Å². The number of anilines is 1. The molecule has 0 saturated carbocycles. The van der Waals surface area contributed by atoms with Crippen molar-refractivity contribution >= 4 is 50.7 Å². The number of nitrogens with one attached hydrogen (secondary N) is 2. The first kappa shape index (κ1) is 19.2. The van der Waals surface area contributed by atoms with E-state index in [2.05, 4.69) is 15.3 Å². The van der Waals surface area contributed by atoms with Gasteiger partial charge in [-0.2, -0.15) is 0 Å². The molecule has 0 atom stereocenters. The molecule has 0 aliphatic heterocycles. The fourth-order valence-corrected chi connectivity index (χ4v) is 4.44. The summed E-state index contributed by atoms with van der Waals surface area (Å²) < 4.78 is 0. The van der Waals surface area contributed by atoms with Crippen LogP contribution in [0.15, 0.2) is 58.8 Å². The van der Waals surface area contributed by atoms with Crippen LogP contribution in [0.3, 0.4) is 0 Å². The van der Waals surface area contributed by atoms with Gasteiger partial charge in [0, 0.05) is 44.6 Å². The highest BCUT2D eigenvalue weighted by Crippen LogP contribution is 2.34. The number of fused-ring (bicyclic) bond motifs is 1. The van der Waals surface area contributed by atoms with Crippen molar-refractivity contribution in [1.82, 2.24) is 9.97 Å². The van der Waals surface area contributed by atoms with Crippen molar-refractivity contribution in [2.24, 2.45) is 0 Å². The lowest BCUT2D eigenvalue weighted by atomic mass is 10.1. The third-order valence-electron chi connectivity index (χ3n) is 4.32. The molecule has 29 heavy (non-hydrogen) atoms. The van der Waals surface area contributed by atoms with E-state index in [1.54, 1.807) is 12.1 Å². The lowest BCUT2D eigenvalue weighted by molar-refractivity contribution is -0.384. The first-order valence-corrected chi connectivity index (χ1v) is 10.6. The molecular formula is C20H16N4O3S2. The number of aromatic nitrogens is 2. The number of nitrogens with zero attached hydrogens (tertiary/aromatic N) is 2. The van der Waals surface area contributed by atoms with E-state index in [0.717, 1.165) is 32.7 Å². The molecule has 9 heteroatoms. The quantitative estimate of drug-likeness (QED) is 0.250. The number of thiazole rings is 1. The number of hydrogen-bond donors (Lipinski definition) is 2. The predicted octanol–water partition coefficient (Wildman–Crippen LogP) is 5.24. The molecule has 4 rings (SSSR count). The Morgan fingerprint density at radius 2 is 2.00 bits per heavy atom. The smallest absolute Gasteiger partial charge is 0.269 e. The molecule has 0 aliphatic carbocycles. The standard InChI is InChI=1S/C20H16N4O3S2/c1-12-19(15-4-2-3-5-16(15)21-12)17-10-29-20(22-17)23-18(25)11-28-14-8-6-13(7-9-14)24(26)27/h2-10,21H,11H2,1H3,(H,22,23,25). The largest absolute Gasteiger partial charge is 0.358 e. The number of aryl methyl sites for hydroxylation is 1. The summed E-state index contributed by atoms with van der Waals surface area (Å²) >= 11 is 2.69. The van der Waals surface area contributed by atoms with E-state index in [9.17, 15) is 14.9 Å². The van der Waals surface area contributed by atoms with E-state index in [-0.39, 0.29) is 17.3 Å². The summed E-state index contributed by atoms with van der Waals surface area (Å²) in [4.78, 5) is 31.2. The van der Waals surface area contributed by atoms with Crippen LogP contribution in [-0.2, 0) is 4.79 Å². The summed E-state index contributed by atoms with van der Waals surface area (Å²) in [6.07, 6.45) is 0. The minimum absolute atomic E-state index is 0.0293. The second-order valence-corrected chi connectivity index (χ2v) is 8.20. The highest BCUT2D eigenvalue weighted by Gasteiger charge is 2.14. The Kier molecular flexibility index (Phi) is 5.32. The molecule has 4 aromatic rings. The number of rotatable bonds is 6. The van der Waals surface area contributed by atoms with Crippen LogP contribution in [0.4, 0.5) is 10.8 Å². The minimum atomic E-state index is -0.448. The SMILES string of the molecule is Cc1[nH]c2ccccc2c1-c1csc(NC(=O)CSc2ccc([N+](=O)[O-])cc2)n1. The maximum atomic E-state index is 12.3. The fraction of sp³-hybridized carbons (Fsp3) is 0.100. The van der Waals surface area contributed by atoms with Crippen LogP contribution in [0.2, 0.25) is 0 Å². The van der Waals surface area contributed by atoms with Crippen molar-refractivity contribution in [2.45, 2.75) is 11.8 Å². The number of hydrogen-bond acceptors (Lipinski definition) is 6. The normalized spacial score (nSPS) is 10.9. The summed E-state index contributed by atoms with van der Waals surface area (Å²) in [6, 6.07) is 14.2. The van der Waals surface area contributed by atoms with Gasteiger partial charge in [-0.3, -0.25) is 14.9 Å². The van der Waals surface area contributed by atoms with E-state index in [4.69, 9.17) is 0 Å². The molecule has 2 N–H and O–H groups in total. The number of aromatic amines is 1. The molecule has 0 bridgehead atoms. The summed E-state index contributed by atoms with van der Waals surface area (Å²) in [5, 5.41) is 17.1. The van der Waals surface area contributed by atoms with Crippen molar-refractivity contribution in [3.63, 3.8) is 0 Å². The van der Waals surface area contributed by atoms with Gasteiger partial charge in [-0.1, -0.05) is 18.2 Å². The molecule has 0 spiro atoms. The average molecular weight is 425 g/mol. The summed E-state index contributed by atoms with van der Waals surface area (Å²) in [7, 11) is 0. The van der Waals surface area contributed by atoms with Crippen molar-refractivity contribution < 1.29 is 9.72 Å². The average Bonchev–Trinajstić information content (AvgIpc) is 3.29. The topological polar surface area (TPSA) is 101 Å². The number of non-ortho nitro benzene ring substituents is 1. The first-order chi connectivity index (χ1) is 14.0. The second kappa shape index (κ2) is 8.06. The molecule has 0 aliphatic rings. The van der Waals surface area contributed by atoms with E-state index in [1.165, 1.54) is 35.2 Å². The molecule has 0 radical (unpaired) electrons. The molecule has 146 valence electrons. The lowest BCUT2D eigenvalue weighted by Gasteiger charge is -2.02. The van der Waals surface area contributed by atoms with Crippen molar-refractivity contribution in [1.29, 1.82) is 0 Å². The highest BCUT2D eigenvalue weighted by atomic mass is 32.2. The van der Waals surface area contributed by atoms with Gasteiger partial charge >= 0.3 is 0 Å². The molecule has 0 saturated heterocycles. The molecule has 7 nitrogen and oxygen atoms in total. The number of carbonyl (C=O) groups excluding carboxylic acids is 1. The highest BCUT2D eigenvalue weighted by molar-refractivity contribution is 8.00. The fourth-order valence-electron chi connectivity index (χ4n) is 3.02. The maximum absolute atomic E-state index is 12.3. The van der Waals surface area contributed by atoms with Gasteiger partial charge in [-0.25, -0.2) is 4.98 Å². The number of carbonyl (C=O) groups is 1. The van der Waals surface area contributed by atoms with Crippen LogP contribution in [-0.4, -0.2) is 26.6 Å². The van der Waals surface area contributed by atoms with Gasteiger partial charge in [0.15, 0.2) is 5.13 Å². The number of thioether (sulfide) groups is 1. The van der Waals surface area contributed by atoms with Crippen LogP contribution in [0.25, 0.3) is 22.2 Å². The van der Waals surface area contributed by atoms with Gasteiger partial charge in [-0.05, 0) is 25.1 Å². The molecule has 2 aromatic heterocycles. The van der Waals surface area contributed by atoms with E-state index >= 15 is 0 Å². The van der Waals surface area contributed by atoms with Gasteiger partial charge in [0.25, 0.3) is 5.69 Å². The molecular weight excluding hydrogens is 408 g/mol. The number of nitro benzene ring substituents is 1. The summed E-state index contributed by atoms with van der Waals surface area (Å²) in [5.41, 5.74) is 3.98. The second-order valence-electron chi connectivity index (χ2n) is 6.30. The Hall–Kier alpha value is -3.17. The zero-order chi connectivity index (χ0) is 20.4. The van der Waals surface area contributed by atoms with Gasteiger partial charge in [0.2, 0.25) is 5.91 Å². The Morgan fingerprint density at radius 3 is 2.76 bits per heavy atom. The Morgan fingerprint density at radius 1 is 1.24 bits per heavy atom. The number of benzene rings is 2. The van der Waals surface area contributed by atoms with Crippen LogP contribution in [0.1, 0.15) is 5.69 Å².